The van der Waals surface area contributed by atoms with Crippen molar-refractivity contribution in [2.24, 2.45) is 11.8 Å². The number of hydrogen-bond donors (Lipinski definition) is 1. The van der Waals surface area contributed by atoms with E-state index in [1.807, 2.05) is 6.92 Å². The highest BCUT2D eigenvalue weighted by Crippen LogP contribution is 2.80. The SMILES string of the molecule is [B][C@H]1C[C@@H](CC)[C@@H](COP(=O)(OP(=O)(CP(=O)(O)SCC)SCC)SCC)C1. The minimum Gasteiger partial charge on any atom is -0.336 e. The summed E-state index contributed by atoms with van der Waals surface area (Å²) in [6, 6.07) is 0. The van der Waals surface area contributed by atoms with Crippen molar-refractivity contribution in [3.05, 3.63) is 0 Å². The van der Waals surface area contributed by atoms with Gasteiger partial charge in [-0.2, -0.15) is 0 Å². The molecule has 164 valence electrons. The molecule has 0 aromatic carbocycles. The molecular weight excluding hydrogens is 476 g/mol. The molecule has 0 aliphatic heterocycles. The van der Waals surface area contributed by atoms with Crippen molar-refractivity contribution in [1.29, 1.82) is 0 Å². The Hall–Kier alpha value is 1.68. The molecule has 1 N–H and O–H groups in total. The second kappa shape index (κ2) is 12.7. The molecule has 0 spiro atoms. The van der Waals surface area contributed by atoms with Crippen molar-refractivity contribution in [3.8, 4) is 0 Å². The molecule has 0 heterocycles. The van der Waals surface area contributed by atoms with E-state index in [2.05, 4.69) is 6.92 Å². The molecule has 2 radical (unpaired) electrons. The molecule has 28 heavy (non-hydrogen) atoms. The van der Waals surface area contributed by atoms with E-state index in [1.54, 1.807) is 13.8 Å². The molecular formula is C15H32BO6P3S3. The maximum atomic E-state index is 13.3. The Bertz CT molecular complexity index is 626. The van der Waals surface area contributed by atoms with Gasteiger partial charge < -0.3 is 9.42 Å². The van der Waals surface area contributed by atoms with Crippen LogP contribution in [0.15, 0.2) is 0 Å². The molecule has 1 aliphatic carbocycles. The van der Waals surface area contributed by atoms with E-state index in [0.717, 1.165) is 53.4 Å². The third-order valence-electron chi connectivity index (χ3n) is 4.37. The van der Waals surface area contributed by atoms with E-state index in [4.69, 9.17) is 16.7 Å². The quantitative estimate of drug-likeness (QED) is 0.195. The first-order chi connectivity index (χ1) is 13.0. The largest absolute Gasteiger partial charge is 0.395 e. The van der Waals surface area contributed by atoms with Gasteiger partial charge in [-0.25, -0.2) is 8.88 Å². The summed E-state index contributed by atoms with van der Waals surface area (Å²) in [6.45, 7) is -3.44. The minimum absolute atomic E-state index is 0.116. The lowest BCUT2D eigenvalue weighted by molar-refractivity contribution is 0.200. The molecule has 0 aromatic heterocycles. The van der Waals surface area contributed by atoms with Crippen molar-refractivity contribution in [3.63, 3.8) is 0 Å². The molecule has 1 fully saturated rings. The summed E-state index contributed by atoms with van der Waals surface area (Å²) in [4.78, 5) is 10.1. The molecule has 1 saturated carbocycles. The fraction of sp³-hybridized carbons (Fsp3) is 1.00. The number of rotatable bonds is 14. The average Bonchev–Trinajstić information content (AvgIpc) is 2.92. The molecule has 1 rings (SSSR count). The summed E-state index contributed by atoms with van der Waals surface area (Å²) in [5.74, 6) is 1.49. The van der Waals surface area contributed by atoms with E-state index in [-0.39, 0.29) is 18.3 Å². The predicted octanol–water partition coefficient (Wildman–Crippen LogP) is 7.12. The van der Waals surface area contributed by atoms with Crippen LogP contribution in [-0.4, -0.2) is 42.5 Å². The Labute approximate surface area is 183 Å². The Morgan fingerprint density at radius 2 is 1.54 bits per heavy atom. The van der Waals surface area contributed by atoms with Gasteiger partial charge >= 0.3 is 6.80 Å². The van der Waals surface area contributed by atoms with Gasteiger partial charge in [0.15, 0.2) is 0 Å². The topological polar surface area (TPSA) is 89.9 Å². The van der Waals surface area contributed by atoms with Crippen LogP contribution < -0.4 is 0 Å². The fourth-order valence-electron chi connectivity index (χ4n) is 3.29. The minimum atomic E-state index is -3.73. The van der Waals surface area contributed by atoms with Gasteiger partial charge in [0, 0.05) is 5.75 Å². The highest BCUT2D eigenvalue weighted by atomic mass is 32.8. The lowest BCUT2D eigenvalue weighted by Crippen LogP contribution is -2.13. The lowest BCUT2D eigenvalue weighted by atomic mass is 9.85. The first-order valence-corrected chi connectivity index (χ1v) is 19.5. The summed E-state index contributed by atoms with van der Waals surface area (Å²) in [5.41, 5.74) is 0. The van der Waals surface area contributed by atoms with Gasteiger partial charge in [0.05, 0.1) is 14.5 Å². The molecule has 0 amide bonds. The van der Waals surface area contributed by atoms with Gasteiger partial charge in [0.2, 0.25) is 0 Å². The average molecular weight is 508 g/mol. The molecule has 6 nitrogen and oxygen atoms in total. The van der Waals surface area contributed by atoms with Gasteiger partial charge in [0.25, 0.3) is 13.1 Å². The van der Waals surface area contributed by atoms with Crippen LogP contribution in [0.25, 0.3) is 0 Å². The van der Waals surface area contributed by atoms with Gasteiger partial charge in [-0.05, 0) is 34.7 Å². The second-order valence-corrected chi connectivity index (χ2v) is 21.6. The van der Waals surface area contributed by atoms with Gasteiger partial charge in [0.1, 0.15) is 5.90 Å². The maximum absolute atomic E-state index is 13.3. The Kier molecular flexibility index (Phi) is 12.5. The van der Waals surface area contributed by atoms with E-state index in [1.165, 1.54) is 0 Å². The van der Waals surface area contributed by atoms with Crippen LogP contribution in [0.3, 0.4) is 0 Å². The normalized spacial score (nSPS) is 29.1. The van der Waals surface area contributed by atoms with Crippen molar-refractivity contribution in [2.75, 3.05) is 29.8 Å². The summed E-state index contributed by atoms with van der Waals surface area (Å²) in [5, 5.41) is 0. The van der Waals surface area contributed by atoms with Crippen molar-refractivity contribution >= 4 is 61.9 Å². The summed E-state index contributed by atoms with van der Waals surface area (Å²) < 4.78 is 50.2. The van der Waals surface area contributed by atoms with Crippen LogP contribution in [-0.2, 0) is 22.5 Å². The predicted molar refractivity (Wildman–Crippen MR) is 127 cm³/mol. The van der Waals surface area contributed by atoms with Gasteiger partial charge in [-0.3, -0.25) is 9.13 Å². The summed E-state index contributed by atoms with van der Waals surface area (Å²) in [7, 11) is 6.06. The van der Waals surface area contributed by atoms with Gasteiger partial charge in [-0.1, -0.05) is 75.5 Å². The molecule has 6 atom stereocenters. The Morgan fingerprint density at radius 3 is 2.07 bits per heavy atom. The highest BCUT2D eigenvalue weighted by Gasteiger charge is 2.42. The molecule has 3 unspecified atom stereocenters. The van der Waals surface area contributed by atoms with Crippen molar-refractivity contribution in [2.45, 2.75) is 52.8 Å². The first kappa shape index (κ1) is 27.7. The van der Waals surface area contributed by atoms with Crippen LogP contribution in [0.2, 0.25) is 5.82 Å². The molecule has 13 heteroatoms. The van der Waals surface area contributed by atoms with Crippen molar-refractivity contribution in [1.82, 2.24) is 0 Å². The van der Waals surface area contributed by atoms with Crippen molar-refractivity contribution < 1.29 is 27.4 Å². The zero-order chi connectivity index (χ0) is 21.4. The zero-order valence-corrected chi connectivity index (χ0v) is 22.2. The number of hydrogen-bond acceptors (Lipinski definition) is 8. The maximum Gasteiger partial charge on any atom is 0.395 e. The monoisotopic (exact) mass is 508 g/mol. The standard InChI is InChI=1S/C15H32BO6P3S3/c1-5-13-9-15(16)10-14(13)11-21-25(20,28-8-4)22-24(19,27-7-3)12-23(17,18)26-6-2/h13-15H,5-12H2,1-4H3,(H,17,18)/t13-,14-,15+,24?,25?/m1/s1. The lowest BCUT2D eigenvalue weighted by Gasteiger charge is -2.26. The van der Waals surface area contributed by atoms with E-state index < -0.39 is 25.8 Å². The molecule has 0 saturated heterocycles. The van der Waals surface area contributed by atoms with Crippen LogP contribution in [0.1, 0.15) is 47.0 Å². The molecule has 0 bridgehead atoms. The Morgan fingerprint density at radius 1 is 0.964 bits per heavy atom. The Balaban J connectivity index is 2.91. The van der Waals surface area contributed by atoms with Crippen LogP contribution in [0, 0.1) is 11.8 Å². The first-order valence-electron chi connectivity index (χ1n) is 9.57. The summed E-state index contributed by atoms with van der Waals surface area (Å²) >= 11 is 2.79. The molecule has 1 aliphatic rings. The third-order valence-corrected chi connectivity index (χ3v) is 20.6. The molecule has 0 aromatic rings. The zero-order valence-electron chi connectivity index (χ0n) is 17.0. The van der Waals surface area contributed by atoms with E-state index >= 15 is 0 Å². The van der Waals surface area contributed by atoms with Crippen LogP contribution in [0.4, 0.5) is 0 Å². The van der Waals surface area contributed by atoms with E-state index in [9.17, 15) is 18.6 Å². The second-order valence-electron chi connectivity index (χ2n) is 6.63. The third kappa shape index (κ3) is 9.45. The van der Waals surface area contributed by atoms with Crippen LogP contribution >= 0.6 is 54.1 Å². The summed E-state index contributed by atoms with van der Waals surface area (Å²) in [6.07, 6.45) is 2.69. The van der Waals surface area contributed by atoms with Crippen LogP contribution in [0.5, 0.6) is 0 Å². The fourth-order valence-corrected chi connectivity index (χ4v) is 21.4. The smallest absolute Gasteiger partial charge is 0.336 e. The van der Waals surface area contributed by atoms with E-state index in [0.29, 0.717) is 23.2 Å². The van der Waals surface area contributed by atoms with Gasteiger partial charge in [-0.15, -0.1) is 0 Å². The highest BCUT2D eigenvalue weighted by molar-refractivity contribution is 8.65.